The fraction of sp³-hybridized carbons (Fsp3) is 0.278. The summed E-state index contributed by atoms with van der Waals surface area (Å²) in [6, 6.07) is 15.2. The molecule has 0 aliphatic carbocycles. The van der Waals surface area contributed by atoms with Crippen molar-refractivity contribution < 1.29 is 18.7 Å². The summed E-state index contributed by atoms with van der Waals surface area (Å²) >= 11 is 0. The zero-order chi connectivity index (χ0) is 16.3. The molecular formula is C18H20FNO3. The van der Waals surface area contributed by atoms with Gasteiger partial charge >= 0.3 is 0 Å². The second-order valence-corrected chi connectivity index (χ2v) is 4.92. The highest BCUT2D eigenvalue weighted by Gasteiger charge is 2.01. The lowest BCUT2D eigenvalue weighted by atomic mass is 10.3. The normalized spacial score (nSPS) is 10.1. The van der Waals surface area contributed by atoms with Gasteiger partial charge in [0.2, 0.25) is 5.91 Å². The number of carbonyl (C=O) groups excluding carboxylic acids is 1. The van der Waals surface area contributed by atoms with Gasteiger partial charge in [0.15, 0.2) is 0 Å². The summed E-state index contributed by atoms with van der Waals surface area (Å²) < 4.78 is 23.6. The van der Waals surface area contributed by atoms with E-state index < -0.39 is 0 Å². The standard InChI is InChI=1S/C18H20FNO3/c19-15-7-9-17(10-8-15)22-13-4-12-20-18(21)11-14-23-16-5-2-1-3-6-16/h1-3,5-10H,4,11-14H2,(H,20,21). The van der Waals surface area contributed by atoms with Crippen molar-refractivity contribution in [3.8, 4) is 11.5 Å². The van der Waals surface area contributed by atoms with Crippen molar-refractivity contribution in [1.29, 1.82) is 0 Å². The van der Waals surface area contributed by atoms with Gasteiger partial charge in [-0.2, -0.15) is 0 Å². The second kappa shape index (κ2) is 9.46. The Morgan fingerprint density at radius 2 is 1.57 bits per heavy atom. The van der Waals surface area contributed by atoms with E-state index in [9.17, 15) is 9.18 Å². The van der Waals surface area contributed by atoms with Gasteiger partial charge in [0, 0.05) is 6.54 Å². The molecule has 0 fully saturated rings. The first-order valence-electron chi connectivity index (χ1n) is 7.57. The monoisotopic (exact) mass is 317 g/mol. The summed E-state index contributed by atoms with van der Waals surface area (Å²) in [5, 5.41) is 2.81. The number of ether oxygens (including phenoxy) is 2. The van der Waals surface area contributed by atoms with Gasteiger partial charge in [-0.3, -0.25) is 4.79 Å². The maximum atomic E-state index is 12.7. The van der Waals surface area contributed by atoms with Crippen LogP contribution in [0.3, 0.4) is 0 Å². The van der Waals surface area contributed by atoms with Gasteiger partial charge in [0.25, 0.3) is 0 Å². The van der Waals surface area contributed by atoms with Crippen LogP contribution in [-0.4, -0.2) is 25.7 Å². The minimum atomic E-state index is -0.290. The van der Waals surface area contributed by atoms with Gasteiger partial charge in [0.05, 0.1) is 19.6 Å². The topological polar surface area (TPSA) is 47.6 Å². The molecule has 0 bridgehead atoms. The number of rotatable bonds is 9. The van der Waals surface area contributed by atoms with E-state index in [0.717, 1.165) is 5.75 Å². The Kier molecular flexibility index (Phi) is 6.91. The number of carbonyl (C=O) groups is 1. The van der Waals surface area contributed by atoms with Crippen molar-refractivity contribution in [2.45, 2.75) is 12.8 Å². The van der Waals surface area contributed by atoms with E-state index in [1.54, 1.807) is 12.1 Å². The van der Waals surface area contributed by atoms with Crippen LogP contribution in [0.25, 0.3) is 0 Å². The van der Waals surface area contributed by atoms with Crippen LogP contribution in [0, 0.1) is 5.82 Å². The molecule has 0 radical (unpaired) electrons. The Morgan fingerprint density at radius 1 is 0.913 bits per heavy atom. The van der Waals surface area contributed by atoms with Crippen molar-refractivity contribution in [2.24, 2.45) is 0 Å². The average Bonchev–Trinajstić information content (AvgIpc) is 2.57. The molecule has 4 nitrogen and oxygen atoms in total. The molecule has 23 heavy (non-hydrogen) atoms. The van der Waals surface area contributed by atoms with Crippen LogP contribution in [0.4, 0.5) is 4.39 Å². The van der Waals surface area contributed by atoms with Crippen LogP contribution in [0.15, 0.2) is 54.6 Å². The predicted molar refractivity (Wildman–Crippen MR) is 86.1 cm³/mol. The highest BCUT2D eigenvalue weighted by Crippen LogP contribution is 2.11. The van der Waals surface area contributed by atoms with Crippen LogP contribution >= 0.6 is 0 Å². The Hall–Kier alpha value is -2.56. The first kappa shape index (κ1) is 16.8. The van der Waals surface area contributed by atoms with Crippen molar-refractivity contribution >= 4 is 5.91 Å². The van der Waals surface area contributed by atoms with Gasteiger partial charge in [-0.1, -0.05) is 18.2 Å². The molecule has 0 aromatic heterocycles. The molecule has 0 heterocycles. The zero-order valence-corrected chi connectivity index (χ0v) is 12.8. The molecule has 0 unspecified atom stereocenters. The van der Waals surface area contributed by atoms with Crippen molar-refractivity contribution in [3.05, 3.63) is 60.4 Å². The Bertz CT molecular complexity index is 587. The number of halogens is 1. The molecule has 1 N–H and O–H groups in total. The summed E-state index contributed by atoms with van der Waals surface area (Å²) in [4.78, 5) is 11.6. The maximum Gasteiger partial charge on any atom is 0.223 e. The first-order chi connectivity index (χ1) is 11.2. The van der Waals surface area contributed by atoms with Gasteiger partial charge < -0.3 is 14.8 Å². The molecule has 0 aliphatic rings. The molecule has 0 atom stereocenters. The lowest BCUT2D eigenvalue weighted by Gasteiger charge is -2.08. The molecule has 2 rings (SSSR count). The SMILES string of the molecule is O=C(CCOc1ccccc1)NCCCOc1ccc(F)cc1. The molecule has 0 saturated heterocycles. The van der Waals surface area contributed by atoms with Gasteiger partial charge in [0.1, 0.15) is 17.3 Å². The molecule has 1 amide bonds. The van der Waals surface area contributed by atoms with Crippen LogP contribution in [0.5, 0.6) is 11.5 Å². The van der Waals surface area contributed by atoms with Crippen molar-refractivity contribution in [2.75, 3.05) is 19.8 Å². The minimum absolute atomic E-state index is 0.0530. The number of amides is 1. The van der Waals surface area contributed by atoms with Gasteiger partial charge in [-0.15, -0.1) is 0 Å². The number of para-hydroxylation sites is 1. The number of hydrogen-bond acceptors (Lipinski definition) is 3. The van der Waals surface area contributed by atoms with E-state index in [4.69, 9.17) is 9.47 Å². The first-order valence-corrected chi connectivity index (χ1v) is 7.57. The molecule has 5 heteroatoms. The highest BCUT2D eigenvalue weighted by atomic mass is 19.1. The molecule has 2 aromatic rings. The number of hydrogen-bond donors (Lipinski definition) is 1. The van der Waals surface area contributed by atoms with E-state index in [-0.39, 0.29) is 11.7 Å². The molecule has 0 saturated carbocycles. The van der Waals surface area contributed by atoms with Crippen LogP contribution < -0.4 is 14.8 Å². The summed E-state index contributed by atoms with van der Waals surface area (Å²) in [6.07, 6.45) is 0.996. The van der Waals surface area contributed by atoms with E-state index in [0.29, 0.717) is 38.3 Å². The Morgan fingerprint density at radius 3 is 2.30 bits per heavy atom. The lowest BCUT2D eigenvalue weighted by molar-refractivity contribution is -0.121. The number of nitrogens with one attached hydrogen (secondary N) is 1. The van der Waals surface area contributed by atoms with Crippen LogP contribution in [0.1, 0.15) is 12.8 Å². The molecule has 0 spiro atoms. The summed E-state index contributed by atoms with van der Waals surface area (Å²) in [7, 11) is 0. The average molecular weight is 317 g/mol. The smallest absolute Gasteiger partial charge is 0.223 e. The van der Waals surface area contributed by atoms with E-state index >= 15 is 0 Å². The zero-order valence-electron chi connectivity index (χ0n) is 12.8. The molecule has 2 aromatic carbocycles. The summed E-state index contributed by atoms with van der Waals surface area (Å²) in [6.45, 7) is 1.35. The Labute approximate surface area is 135 Å². The van der Waals surface area contributed by atoms with Crippen molar-refractivity contribution in [3.63, 3.8) is 0 Å². The largest absolute Gasteiger partial charge is 0.494 e. The second-order valence-electron chi connectivity index (χ2n) is 4.92. The highest BCUT2D eigenvalue weighted by molar-refractivity contribution is 5.75. The predicted octanol–water partition coefficient (Wildman–Crippen LogP) is 3.18. The third kappa shape index (κ3) is 6.82. The minimum Gasteiger partial charge on any atom is -0.494 e. The van der Waals surface area contributed by atoms with Crippen LogP contribution in [-0.2, 0) is 4.79 Å². The summed E-state index contributed by atoms with van der Waals surface area (Å²) in [5.41, 5.74) is 0. The fourth-order valence-corrected chi connectivity index (χ4v) is 1.89. The quantitative estimate of drug-likeness (QED) is 0.723. The maximum absolute atomic E-state index is 12.7. The van der Waals surface area contributed by atoms with E-state index in [1.165, 1.54) is 12.1 Å². The molecule has 122 valence electrons. The van der Waals surface area contributed by atoms with E-state index in [2.05, 4.69) is 5.32 Å². The lowest BCUT2D eigenvalue weighted by Crippen LogP contribution is -2.26. The Balaban J connectivity index is 1.50. The fourth-order valence-electron chi connectivity index (χ4n) is 1.89. The van der Waals surface area contributed by atoms with E-state index in [1.807, 2.05) is 30.3 Å². The molecular weight excluding hydrogens is 297 g/mol. The number of benzene rings is 2. The third-order valence-corrected chi connectivity index (χ3v) is 3.07. The summed E-state index contributed by atoms with van der Waals surface area (Å²) in [5.74, 6) is 1.03. The van der Waals surface area contributed by atoms with Crippen molar-refractivity contribution in [1.82, 2.24) is 5.32 Å². The third-order valence-electron chi connectivity index (χ3n) is 3.07. The van der Waals surface area contributed by atoms with Crippen LogP contribution in [0.2, 0.25) is 0 Å². The molecule has 0 aliphatic heterocycles. The van der Waals surface area contributed by atoms with Gasteiger partial charge in [-0.25, -0.2) is 4.39 Å². The van der Waals surface area contributed by atoms with Gasteiger partial charge in [-0.05, 0) is 42.8 Å².